The molecule has 5 rings (SSSR count). The first kappa shape index (κ1) is 19.9. The first-order chi connectivity index (χ1) is 15.5. The van der Waals surface area contributed by atoms with Gasteiger partial charge in [0, 0.05) is 17.5 Å². The molecule has 0 radical (unpaired) electrons. The summed E-state index contributed by atoms with van der Waals surface area (Å²) in [7, 11) is 1.58. The molecule has 0 fully saturated rings. The molecule has 32 heavy (non-hydrogen) atoms. The lowest BCUT2D eigenvalue weighted by atomic mass is 10.2. The van der Waals surface area contributed by atoms with Gasteiger partial charge in [-0.05, 0) is 42.0 Å². The third-order valence-electron chi connectivity index (χ3n) is 5.55. The molecule has 7 heteroatoms. The van der Waals surface area contributed by atoms with E-state index in [4.69, 9.17) is 4.74 Å². The molecule has 0 saturated heterocycles. The van der Waals surface area contributed by atoms with E-state index in [1.165, 1.54) is 35.2 Å². The normalized spacial score (nSPS) is 11.3. The van der Waals surface area contributed by atoms with Crippen LogP contribution in [0, 0.1) is 11.6 Å². The molecule has 0 atom stereocenters. The standard InChI is InChI=1S/C25H19F2N3O2/c1-32-22-8-3-2-6-17(22)14-29-15-28-23-20-12-19(27)9-10-21(20)30(24(23)25(29)31)13-16-5-4-7-18(26)11-16/h2-12,15H,13-14H2,1H3. The molecule has 5 nitrogen and oxygen atoms in total. The van der Waals surface area contributed by atoms with Crippen LogP contribution in [0.3, 0.4) is 0 Å². The zero-order valence-electron chi connectivity index (χ0n) is 17.3. The Labute approximate surface area is 182 Å². The predicted octanol–water partition coefficient (Wildman–Crippen LogP) is 4.73. The number of benzene rings is 3. The number of ether oxygens (including phenoxy) is 1. The van der Waals surface area contributed by atoms with Crippen molar-refractivity contribution in [3.63, 3.8) is 0 Å². The third-order valence-corrected chi connectivity index (χ3v) is 5.55. The van der Waals surface area contributed by atoms with Crippen LogP contribution in [0.2, 0.25) is 0 Å². The molecule has 5 aromatic rings. The summed E-state index contributed by atoms with van der Waals surface area (Å²) in [6, 6.07) is 18.0. The van der Waals surface area contributed by atoms with Gasteiger partial charge in [0.1, 0.15) is 28.4 Å². The maximum atomic E-state index is 14.0. The molecule has 0 aliphatic carbocycles. The van der Waals surface area contributed by atoms with Crippen molar-refractivity contribution in [1.29, 1.82) is 0 Å². The number of aromatic nitrogens is 3. The lowest BCUT2D eigenvalue weighted by Crippen LogP contribution is -2.23. The van der Waals surface area contributed by atoms with Crippen molar-refractivity contribution in [3.8, 4) is 5.75 Å². The third kappa shape index (κ3) is 3.41. The van der Waals surface area contributed by atoms with Crippen LogP contribution in [0.5, 0.6) is 5.75 Å². The van der Waals surface area contributed by atoms with Crippen LogP contribution in [-0.4, -0.2) is 21.2 Å². The molecule has 0 N–H and O–H groups in total. The molecule has 0 saturated carbocycles. The molecule has 160 valence electrons. The van der Waals surface area contributed by atoms with Gasteiger partial charge in [0.05, 0.1) is 25.5 Å². The average Bonchev–Trinajstić information content (AvgIpc) is 3.09. The van der Waals surface area contributed by atoms with Crippen LogP contribution >= 0.6 is 0 Å². The second-order valence-corrected chi connectivity index (χ2v) is 7.56. The first-order valence-electron chi connectivity index (χ1n) is 10.1. The Morgan fingerprint density at radius 2 is 1.75 bits per heavy atom. The van der Waals surface area contributed by atoms with E-state index in [0.29, 0.717) is 33.2 Å². The van der Waals surface area contributed by atoms with Gasteiger partial charge in [-0.1, -0.05) is 30.3 Å². The van der Waals surface area contributed by atoms with Gasteiger partial charge in [0.15, 0.2) is 0 Å². The molecular weight excluding hydrogens is 412 g/mol. The van der Waals surface area contributed by atoms with E-state index in [9.17, 15) is 13.6 Å². The fourth-order valence-corrected chi connectivity index (χ4v) is 4.08. The summed E-state index contributed by atoms with van der Waals surface area (Å²) < 4.78 is 36.5. The van der Waals surface area contributed by atoms with Crippen LogP contribution in [0.4, 0.5) is 8.78 Å². The van der Waals surface area contributed by atoms with Crippen LogP contribution < -0.4 is 10.3 Å². The minimum absolute atomic E-state index is 0.249. The summed E-state index contributed by atoms with van der Waals surface area (Å²) in [5.74, 6) is -0.106. The van der Waals surface area contributed by atoms with Gasteiger partial charge in [0.25, 0.3) is 5.56 Å². The summed E-state index contributed by atoms with van der Waals surface area (Å²) in [4.78, 5) is 18.1. The van der Waals surface area contributed by atoms with E-state index in [0.717, 1.165) is 5.56 Å². The average molecular weight is 431 g/mol. The topological polar surface area (TPSA) is 49.0 Å². The minimum Gasteiger partial charge on any atom is -0.496 e. The molecular formula is C25H19F2N3O2. The van der Waals surface area contributed by atoms with Crippen LogP contribution in [0.1, 0.15) is 11.1 Å². The lowest BCUT2D eigenvalue weighted by molar-refractivity contribution is 0.408. The zero-order valence-corrected chi connectivity index (χ0v) is 17.3. The van der Waals surface area contributed by atoms with Gasteiger partial charge in [0.2, 0.25) is 0 Å². The van der Waals surface area contributed by atoms with Gasteiger partial charge in [-0.2, -0.15) is 0 Å². The van der Waals surface area contributed by atoms with E-state index in [-0.39, 0.29) is 24.5 Å². The molecule has 2 heterocycles. The van der Waals surface area contributed by atoms with Crippen LogP contribution in [0.15, 0.2) is 77.9 Å². The molecule has 2 aromatic heterocycles. The van der Waals surface area contributed by atoms with Gasteiger partial charge in [-0.25, -0.2) is 13.8 Å². The summed E-state index contributed by atoms with van der Waals surface area (Å²) in [6.45, 7) is 0.515. The van der Waals surface area contributed by atoms with Crippen molar-refractivity contribution in [1.82, 2.24) is 14.1 Å². The van der Waals surface area contributed by atoms with Crippen molar-refractivity contribution < 1.29 is 13.5 Å². The quantitative estimate of drug-likeness (QED) is 0.404. The molecule has 0 aliphatic rings. The Kier molecular flexibility index (Phi) is 4.93. The maximum absolute atomic E-state index is 14.0. The van der Waals surface area contributed by atoms with Crippen LogP contribution in [-0.2, 0) is 13.1 Å². The summed E-state index contributed by atoms with van der Waals surface area (Å²) >= 11 is 0. The Hall–Kier alpha value is -4.00. The second-order valence-electron chi connectivity index (χ2n) is 7.56. The van der Waals surface area contributed by atoms with E-state index < -0.39 is 5.82 Å². The number of methoxy groups -OCH3 is 1. The monoisotopic (exact) mass is 431 g/mol. The summed E-state index contributed by atoms with van der Waals surface area (Å²) in [5, 5.41) is 0.540. The van der Waals surface area contributed by atoms with E-state index in [2.05, 4.69) is 4.98 Å². The zero-order chi connectivity index (χ0) is 22.2. The van der Waals surface area contributed by atoms with Crippen LogP contribution in [0.25, 0.3) is 21.9 Å². The lowest BCUT2D eigenvalue weighted by Gasteiger charge is -2.11. The fourth-order valence-electron chi connectivity index (χ4n) is 4.08. The highest BCUT2D eigenvalue weighted by atomic mass is 19.1. The molecule has 0 aliphatic heterocycles. The van der Waals surface area contributed by atoms with Crippen molar-refractivity contribution in [2.75, 3.05) is 7.11 Å². The Morgan fingerprint density at radius 1 is 0.938 bits per heavy atom. The minimum atomic E-state index is -0.415. The van der Waals surface area contributed by atoms with E-state index in [1.54, 1.807) is 29.9 Å². The fraction of sp³-hybridized carbons (Fsp3) is 0.120. The Bertz CT molecular complexity index is 1520. The summed E-state index contributed by atoms with van der Waals surface area (Å²) in [6.07, 6.45) is 1.47. The van der Waals surface area contributed by atoms with Crippen molar-refractivity contribution in [3.05, 3.63) is 106 Å². The van der Waals surface area contributed by atoms with Gasteiger partial charge in [-0.3, -0.25) is 9.36 Å². The number of hydrogen-bond acceptors (Lipinski definition) is 3. The number of para-hydroxylation sites is 1. The maximum Gasteiger partial charge on any atom is 0.278 e. The SMILES string of the molecule is COc1ccccc1Cn1cnc2c3cc(F)ccc3n(Cc3cccc(F)c3)c2c1=O. The van der Waals surface area contributed by atoms with Gasteiger partial charge in [-0.15, -0.1) is 0 Å². The number of nitrogens with zero attached hydrogens (tertiary/aromatic N) is 3. The van der Waals surface area contributed by atoms with E-state index >= 15 is 0 Å². The second kappa shape index (κ2) is 7.92. The van der Waals surface area contributed by atoms with Gasteiger partial charge >= 0.3 is 0 Å². The Balaban J connectivity index is 1.73. The highest BCUT2D eigenvalue weighted by molar-refractivity contribution is 6.05. The molecule has 0 amide bonds. The van der Waals surface area contributed by atoms with Gasteiger partial charge < -0.3 is 9.30 Å². The Morgan fingerprint density at radius 3 is 2.56 bits per heavy atom. The van der Waals surface area contributed by atoms with Crippen molar-refractivity contribution in [2.24, 2.45) is 0 Å². The first-order valence-corrected chi connectivity index (χ1v) is 10.1. The smallest absolute Gasteiger partial charge is 0.278 e. The summed E-state index contributed by atoms with van der Waals surface area (Å²) in [5.41, 5.74) is 2.66. The number of hydrogen-bond donors (Lipinski definition) is 0. The molecule has 0 spiro atoms. The largest absolute Gasteiger partial charge is 0.496 e. The van der Waals surface area contributed by atoms with E-state index in [1.807, 2.05) is 24.3 Å². The molecule has 0 unspecified atom stereocenters. The van der Waals surface area contributed by atoms with Crippen molar-refractivity contribution in [2.45, 2.75) is 13.1 Å². The number of rotatable bonds is 5. The highest BCUT2D eigenvalue weighted by Gasteiger charge is 2.18. The molecule has 0 bridgehead atoms. The van der Waals surface area contributed by atoms with Crippen molar-refractivity contribution >= 4 is 21.9 Å². The number of halogens is 2. The molecule has 3 aromatic carbocycles. The highest BCUT2D eigenvalue weighted by Crippen LogP contribution is 2.27. The number of fused-ring (bicyclic) bond motifs is 3. The predicted molar refractivity (Wildman–Crippen MR) is 119 cm³/mol.